The molecular weight excluding hydrogens is 626 g/mol. The molecule has 3 aliphatic heterocycles. The fraction of sp³-hybridized carbons (Fsp3) is 0.515. The number of benzene rings is 2. The molecule has 3 aliphatic rings. The summed E-state index contributed by atoms with van der Waals surface area (Å²) in [4.78, 5) is 16.9. The van der Waals surface area contributed by atoms with E-state index in [1.54, 1.807) is 56.3 Å². The number of hydrogen-bond donors (Lipinski definition) is 4. The highest BCUT2D eigenvalue weighted by Crippen LogP contribution is 2.42. The van der Waals surface area contributed by atoms with Crippen molar-refractivity contribution in [2.24, 2.45) is 10.7 Å². The molecule has 2 saturated heterocycles. The van der Waals surface area contributed by atoms with Gasteiger partial charge in [-0.05, 0) is 90.1 Å². The number of carbonyl (C=O) groups excluding carboxylic acids is 1. The van der Waals surface area contributed by atoms with E-state index in [0.29, 0.717) is 39.1 Å². The van der Waals surface area contributed by atoms with Crippen LogP contribution in [0.3, 0.4) is 0 Å². The summed E-state index contributed by atoms with van der Waals surface area (Å²) in [5.41, 5.74) is 8.94. The van der Waals surface area contributed by atoms with Crippen LogP contribution in [0.15, 0.2) is 63.2 Å². The van der Waals surface area contributed by atoms with Crippen LogP contribution < -0.4 is 26.4 Å². The van der Waals surface area contributed by atoms with E-state index in [1.165, 1.54) is 6.42 Å². The first kappa shape index (κ1) is 34.2. The third-order valence-corrected chi connectivity index (χ3v) is 11.6. The van der Waals surface area contributed by atoms with Crippen LogP contribution in [-0.4, -0.2) is 73.6 Å². The van der Waals surface area contributed by atoms with Crippen molar-refractivity contribution in [3.63, 3.8) is 0 Å². The number of aliphatic imine (C=N–C) groups is 1. The fourth-order valence-corrected chi connectivity index (χ4v) is 8.06. The van der Waals surface area contributed by atoms with E-state index in [0.717, 1.165) is 64.6 Å². The van der Waals surface area contributed by atoms with Gasteiger partial charge in [-0.3, -0.25) is 10.5 Å². The first-order chi connectivity index (χ1) is 21.9. The average molecular weight is 673 g/mol. The molecule has 1 atom stereocenters. The summed E-state index contributed by atoms with van der Waals surface area (Å²) in [5, 5.41) is 12.0. The molecule has 0 radical (unpaired) electrons. The normalized spacial score (nSPS) is 22.3. The monoisotopic (exact) mass is 672 g/mol. The fourth-order valence-electron chi connectivity index (χ4n) is 6.56. The largest absolute Gasteiger partial charge is 0.489 e. The summed E-state index contributed by atoms with van der Waals surface area (Å²) in [5.74, 6) is -0.300. The van der Waals surface area contributed by atoms with Crippen molar-refractivity contribution in [1.29, 1.82) is 0 Å². The Morgan fingerprint density at radius 1 is 1.00 bits per heavy atom. The molecule has 0 aromatic heterocycles. The van der Waals surface area contributed by atoms with Crippen LogP contribution in [0.1, 0.15) is 76.6 Å². The highest BCUT2D eigenvalue weighted by Gasteiger charge is 2.58. The van der Waals surface area contributed by atoms with Gasteiger partial charge in [0.05, 0.1) is 27.6 Å². The number of halogens is 1. The number of nitrogens with one attached hydrogen (secondary N) is 3. The summed E-state index contributed by atoms with van der Waals surface area (Å²) in [6.45, 7) is 10.4. The Labute approximate surface area is 277 Å². The summed E-state index contributed by atoms with van der Waals surface area (Å²) in [7, 11) is -3.63. The summed E-state index contributed by atoms with van der Waals surface area (Å²) >= 11 is 7.36. The number of guanidine groups is 1. The Hall–Kier alpha value is -3.16. The molecular formula is C33H47ClN7O4S+. The van der Waals surface area contributed by atoms with E-state index in [4.69, 9.17) is 27.1 Å². The highest BCUT2D eigenvalue weighted by atomic mass is 35.5. The molecule has 3 heterocycles. The predicted octanol–water partition coefficient (Wildman–Crippen LogP) is 5.37. The smallest absolute Gasteiger partial charge is 0.310 e. The molecule has 0 bridgehead atoms. The quantitative estimate of drug-likeness (QED) is 0.194. The van der Waals surface area contributed by atoms with Gasteiger partial charge in [0.1, 0.15) is 30.9 Å². The number of rotatable bonds is 10. The third-order valence-electron chi connectivity index (χ3n) is 8.96. The number of quaternary nitrogens is 1. The number of anilines is 2. The van der Waals surface area contributed by atoms with Crippen molar-refractivity contribution in [2.75, 3.05) is 36.8 Å². The number of carbonyl (C=O) groups is 1. The lowest BCUT2D eigenvalue weighted by Crippen LogP contribution is -2.78. The van der Waals surface area contributed by atoms with Crippen molar-refractivity contribution in [3.8, 4) is 5.75 Å². The number of sulfone groups is 1. The van der Waals surface area contributed by atoms with E-state index >= 15 is 0 Å². The summed E-state index contributed by atoms with van der Waals surface area (Å²) in [6.07, 6.45) is 6.97. The summed E-state index contributed by atoms with van der Waals surface area (Å²) in [6, 6.07) is 11.9. The first-order valence-electron chi connectivity index (χ1n) is 16.2. The van der Waals surface area contributed by atoms with Gasteiger partial charge in [-0.25, -0.2) is 13.0 Å². The van der Waals surface area contributed by atoms with Crippen molar-refractivity contribution >= 4 is 45.1 Å². The summed E-state index contributed by atoms with van der Waals surface area (Å²) < 4.78 is 33.2. The number of likely N-dealkylation sites (tertiary alicyclic amines) is 1. The van der Waals surface area contributed by atoms with E-state index < -0.39 is 20.9 Å². The van der Waals surface area contributed by atoms with Crippen molar-refractivity contribution < 1.29 is 22.5 Å². The molecule has 13 heteroatoms. The SMILES string of the molecule is CC(C)Oc1cc(C=O)ccc1NC1=NC(N)([N+]2(N3CCCCC3)CCCCC2)C(Cl)=C(Nc2ccccc2S(=O)(=O)C(C)C)N1. The highest BCUT2D eigenvalue weighted by molar-refractivity contribution is 7.92. The second kappa shape index (κ2) is 13.9. The van der Waals surface area contributed by atoms with Crippen LogP contribution in [0.5, 0.6) is 5.75 Å². The molecule has 11 nitrogen and oxygen atoms in total. The second-order valence-electron chi connectivity index (χ2n) is 12.8. The molecule has 0 aliphatic carbocycles. The maximum absolute atomic E-state index is 13.4. The Bertz CT molecular complexity index is 1600. The predicted molar refractivity (Wildman–Crippen MR) is 183 cm³/mol. The van der Waals surface area contributed by atoms with Gasteiger partial charge in [-0.2, -0.15) is 10.0 Å². The zero-order chi connectivity index (χ0) is 33.1. The van der Waals surface area contributed by atoms with Crippen LogP contribution in [0.2, 0.25) is 0 Å². The topological polar surface area (TPSA) is 138 Å². The minimum absolute atomic E-state index is 0.149. The molecule has 1 unspecified atom stereocenters. The molecule has 0 saturated carbocycles. The Kier molecular flexibility index (Phi) is 10.3. The molecule has 0 spiro atoms. The lowest BCUT2D eigenvalue weighted by molar-refractivity contribution is -1.07. The first-order valence-corrected chi connectivity index (χ1v) is 18.1. The lowest BCUT2D eigenvalue weighted by Gasteiger charge is -2.56. The number of para-hydroxylation sites is 1. The minimum atomic E-state index is -3.63. The molecule has 2 aromatic rings. The van der Waals surface area contributed by atoms with E-state index in [1.807, 2.05) is 13.8 Å². The second-order valence-corrected chi connectivity index (χ2v) is 15.7. The van der Waals surface area contributed by atoms with Crippen LogP contribution in [0.4, 0.5) is 11.4 Å². The Balaban J connectivity index is 1.65. The van der Waals surface area contributed by atoms with Gasteiger partial charge >= 0.3 is 5.79 Å². The van der Waals surface area contributed by atoms with Crippen LogP contribution in [-0.2, 0) is 9.84 Å². The number of piperidine rings is 2. The number of nitrogens with two attached hydrogens (primary N) is 1. The molecule has 2 fully saturated rings. The van der Waals surface area contributed by atoms with Gasteiger partial charge in [0.25, 0.3) is 0 Å². The molecule has 5 N–H and O–H groups in total. The van der Waals surface area contributed by atoms with Crippen LogP contribution in [0, 0.1) is 0 Å². The van der Waals surface area contributed by atoms with Crippen molar-refractivity contribution in [3.05, 3.63) is 58.9 Å². The maximum atomic E-state index is 13.4. The van der Waals surface area contributed by atoms with E-state index in [9.17, 15) is 13.2 Å². The number of nitrogens with zero attached hydrogens (tertiary/aromatic N) is 3. The molecule has 0 amide bonds. The van der Waals surface area contributed by atoms with Gasteiger partial charge in [-0.15, -0.1) is 0 Å². The van der Waals surface area contributed by atoms with Crippen LogP contribution >= 0.6 is 11.6 Å². The van der Waals surface area contributed by atoms with Gasteiger partial charge in [-0.1, -0.05) is 30.2 Å². The average Bonchev–Trinajstić information content (AvgIpc) is 3.04. The molecule has 2 aromatic carbocycles. The van der Waals surface area contributed by atoms with Gasteiger partial charge in [0, 0.05) is 18.7 Å². The van der Waals surface area contributed by atoms with Crippen molar-refractivity contribution in [2.45, 2.75) is 88.3 Å². The van der Waals surface area contributed by atoms with Gasteiger partial charge < -0.3 is 20.7 Å². The van der Waals surface area contributed by atoms with Crippen LogP contribution in [0.25, 0.3) is 0 Å². The number of ether oxygens (including phenoxy) is 1. The van der Waals surface area contributed by atoms with Crippen molar-refractivity contribution in [1.82, 2.24) is 10.3 Å². The Morgan fingerprint density at radius 3 is 2.33 bits per heavy atom. The van der Waals surface area contributed by atoms with Gasteiger partial charge in [0.15, 0.2) is 14.9 Å². The minimum Gasteiger partial charge on any atom is -0.489 e. The third kappa shape index (κ3) is 6.64. The zero-order valence-corrected chi connectivity index (χ0v) is 28.8. The molecule has 46 heavy (non-hydrogen) atoms. The number of hydrogen-bond acceptors (Lipinski definition) is 10. The van der Waals surface area contributed by atoms with E-state index in [-0.39, 0.29) is 16.0 Å². The van der Waals surface area contributed by atoms with E-state index in [2.05, 4.69) is 21.0 Å². The number of aldehydes is 1. The van der Waals surface area contributed by atoms with Gasteiger partial charge in [0.2, 0.25) is 5.96 Å². The lowest BCUT2D eigenvalue weighted by atomic mass is 10.0. The Morgan fingerprint density at radius 2 is 1.67 bits per heavy atom. The zero-order valence-electron chi connectivity index (χ0n) is 27.2. The standard InChI is InChI=1S/C33H46ClN7O4S/c1-23(2)45-28-21-25(22-42)15-16-26(28)37-32-38-31(36-27-13-7-8-14-29(27)46(43,44)24(3)4)30(34)33(35,39-32)41(19-11-6-12-20-41)40-17-9-5-10-18-40/h7-8,13-16,21-24,36H,5-6,9-12,17-20,35H2,1-4H3,(H-,37,38,39,42)/p+1. The molecule has 250 valence electrons. The molecule has 5 rings (SSSR count). The maximum Gasteiger partial charge on any atom is 0.310 e.